The number of nitrogens with zero attached hydrogens (tertiary/aromatic N) is 2. The number of hydrogen-bond donors (Lipinski definition) is 2. The van der Waals surface area contributed by atoms with Gasteiger partial charge in [-0.2, -0.15) is 0 Å². The Morgan fingerprint density at radius 2 is 1.96 bits per heavy atom. The van der Waals surface area contributed by atoms with Crippen molar-refractivity contribution >= 4 is 27.2 Å². The Bertz CT molecular complexity index is 826. The number of anilines is 3. The third-order valence-corrected chi connectivity index (χ3v) is 5.33. The van der Waals surface area contributed by atoms with Gasteiger partial charge >= 0.3 is 0 Å². The molecule has 1 fully saturated rings. The molecule has 1 aliphatic rings. The van der Waals surface area contributed by atoms with Crippen LogP contribution in [0.2, 0.25) is 0 Å². The molecule has 2 aromatic rings. The molecule has 2 N–H and O–H groups in total. The van der Waals surface area contributed by atoms with E-state index >= 15 is 0 Å². The topological polar surface area (TPSA) is 84.0 Å². The summed E-state index contributed by atoms with van der Waals surface area (Å²) in [7, 11) is -2.96. The summed E-state index contributed by atoms with van der Waals surface area (Å²) in [6.45, 7) is 1.73. The van der Waals surface area contributed by atoms with Gasteiger partial charge in [0.05, 0.1) is 17.2 Å². The van der Waals surface area contributed by atoms with Crippen LogP contribution in [-0.4, -0.2) is 35.9 Å². The highest BCUT2D eigenvalue weighted by atomic mass is 32.2. The molecule has 2 heterocycles. The zero-order valence-corrected chi connectivity index (χ0v) is 13.4. The van der Waals surface area contributed by atoms with E-state index in [1.54, 1.807) is 31.2 Å². The molecule has 0 saturated carbocycles. The van der Waals surface area contributed by atoms with E-state index in [2.05, 4.69) is 20.6 Å². The van der Waals surface area contributed by atoms with E-state index in [1.807, 2.05) is 0 Å². The van der Waals surface area contributed by atoms with Gasteiger partial charge in [0.1, 0.15) is 23.3 Å². The lowest BCUT2D eigenvalue weighted by Gasteiger charge is -2.14. The molecule has 1 atom stereocenters. The normalized spacial score (nSPS) is 19.5. The van der Waals surface area contributed by atoms with Gasteiger partial charge in [-0.05, 0) is 25.5 Å². The van der Waals surface area contributed by atoms with Crippen LogP contribution in [0, 0.1) is 12.7 Å². The molecule has 0 spiro atoms. The Labute approximate surface area is 134 Å². The van der Waals surface area contributed by atoms with Crippen LogP contribution in [0.1, 0.15) is 12.2 Å². The second-order valence-corrected chi connectivity index (χ2v) is 7.76. The van der Waals surface area contributed by atoms with Crippen molar-refractivity contribution in [2.24, 2.45) is 0 Å². The maximum atomic E-state index is 13.7. The molecule has 0 amide bonds. The molecule has 1 aromatic carbocycles. The van der Waals surface area contributed by atoms with Gasteiger partial charge in [-0.1, -0.05) is 12.1 Å². The van der Waals surface area contributed by atoms with Crippen LogP contribution in [0.25, 0.3) is 0 Å². The Kier molecular flexibility index (Phi) is 4.16. The Hall–Kier alpha value is -2.22. The number of para-hydroxylation sites is 1. The van der Waals surface area contributed by atoms with Gasteiger partial charge < -0.3 is 10.6 Å². The zero-order valence-electron chi connectivity index (χ0n) is 12.6. The minimum atomic E-state index is -2.96. The molecule has 1 aromatic heterocycles. The first-order valence-electron chi connectivity index (χ1n) is 7.25. The second kappa shape index (κ2) is 6.11. The smallest absolute Gasteiger partial charge is 0.152 e. The van der Waals surface area contributed by atoms with Gasteiger partial charge in [0, 0.05) is 12.1 Å². The molecule has 0 bridgehead atoms. The summed E-state index contributed by atoms with van der Waals surface area (Å²) in [5, 5.41) is 6.02. The second-order valence-electron chi connectivity index (χ2n) is 5.53. The van der Waals surface area contributed by atoms with Crippen LogP contribution in [0.3, 0.4) is 0 Å². The van der Waals surface area contributed by atoms with E-state index in [0.717, 1.165) is 0 Å². The molecule has 1 aliphatic heterocycles. The third kappa shape index (κ3) is 3.95. The standard InChI is InChI=1S/C15H17FN4O2S/c1-10-17-14(19-11-6-7-23(21,22)9-11)8-15(18-10)20-13-5-3-2-4-12(13)16/h2-5,8,11H,6-7,9H2,1H3,(H2,17,18,19,20). The number of sulfone groups is 1. The summed E-state index contributed by atoms with van der Waals surface area (Å²) in [6.07, 6.45) is 0.557. The van der Waals surface area contributed by atoms with Crippen LogP contribution in [-0.2, 0) is 9.84 Å². The summed E-state index contributed by atoms with van der Waals surface area (Å²) in [4.78, 5) is 8.48. The van der Waals surface area contributed by atoms with Crippen LogP contribution in [0.15, 0.2) is 30.3 Å². The SMILES string of the molecule is Cc1nc(Nc2ccccc2F)cc(NC2CCS(=O)(=O)C2)n1. The molecule has 6 nitrogen and oxygen atoms in total. The summed E-state index contributed by atoms with van der Waals surface area (Å²) >= 11 is 0. The zero-order chi connectivity index (χ0) is 16.4. The van der Waals surface area contributed by atoms with E-state index in [1.165, 1.54) is 6.07 Å². The van der Waals surface area contributed by atoms with Gasteiger partial charge in [-0.25, -0.2) is 22.8 Å². The summed E-state index contributed by atoms with van der Waals surface area (Å²) in [6, 6.07) is 7.80. The Morgan fingerprint density at radius 1 is 1.22 bits per heavy atom. The number of rotatable bonds is 4. The van der Waals surface area contributed by atoms with Gasteiger partial charge in [0.15, 0.2) is 9.84 Å². The van der Waals surface area contributed by atoms with Crippen molar-refractivity contribution in [3.05, 3.63) is 42.0 Å². The van der Waals surface area contributed by atoms with E-state index < -0.39 is 9.84 Å². The van der Waals surface area contributed by atoms with Crippen molar-refractivity contribution in [2.45, 2.75) is 19.4 Å². The first kappa shape index (κ1) is 15.7. The fraction of sp³-hybridized carbons (Fsp3) is 0.333. The predicted octanol–water partition coefficient (Wildman–Crippen LogP) is 2.27. The molecule has 0 aliphatic carbocycles. The van der Waals surface area contributed by atoms with Crippen molar-refractivity contribution in [3.8, 4) is 0 Å². The van der Waals surface area contributed by atoms with E-state index in [4.69, 9.17) is 0 Å². The number of halogens is 1. The molecule has 1 unspecified atom stereocenters. The third-order valence-electron chi connectivity index (χ3n) is 3.56. The van der Waals surface area contributed by atoms with Gasteiger partial charge in [-0.3, -0.25) is 0 Å². The molecule has 1 saturated heterocycles. The number of aromatic nitrogens is 2. The van der Waals surface area contributed by atoms with E-state index in [-0.39, 0.29) is 23.4 Å². The minimum absolute atomic E-state index is 0.103. The predicted molar refractivity (Wildman–Crippen MR) is 87.1 cm³/mol. The van der Waals surface area contributed by atoms with Crippen molar-refractivity contribution in [2.75, 3.05) is 22.1 Å². The number of hydrogen-bond acceptors (Lipinski definition) is 6. The van der Waals surface area contributed by atoms with Crippen molar-refractivity contribution in [3.63, 3.8) is 0 Å². The lowest BCUT2D eigenvalue weighted by Crippen LogP contribution is -2.21. The van der Waals surface area contributed by atoms with Crippen LogP contribution in [0.5, 0.6) is 0 Å². The average molecular weight is 336 g/mol. The van der Waals surface area contributed by atoms with Crippen LogP contribution >= 0.6 is 0 Å². The number of aryl methyl sites for hydroxylation is 1. The van der Waals surface area contributed by atoms with E-state index in [9.17, 15) is 12.8 Å². The maximum Gasteiger partial charge on any atom is 0.152 e. The molecule has 3 rings (SSSR count). The number of nitrogens with one attached hydrogen (secondary N) is 2. The Morgan fingerprint density at radius 3 is 2.65 bits per heavy atom. The molecular formula is C15H17FN4O2S. The first-order chi connectivity index (χ1) is 10.9. The fourth-order valence-corrected chi connectivity index (χ4v) is 4.20. The Balaban J connectivity index is 1.78. The molecular weight excluding hydrogens is 319 g/mol. The molecule has 0 radical (unpaired) electrons. The quantitative estimate of drug-likeness (QED) is 0.891. The first-order valence-corrected chi connectivity index (χ1v) is 9.08. The fourth-order valence-electron chi connectivity index (χ4n) is 2.52. The van der Waals surface area contributed by atoms with E-state index in [0.29, 0.717) is 29.6 Å². The summed E-state index contributed by atoms with van der Waals surface area (Å²) in [5.41, 5.74) is 0.319. The van der Waals surface area contributed by atoms with Gasteiger partial charge in [0.2, 0.25) is 0 Å². The van der Waals surface area contributed by atoms with Crippen LogP contribution < -0.4 is 10.6 Å². The lowest BCUT2D eigenvalue weighted by atomic mass is 10.2. The molecule has 23 heavy (non-hydrogen) atoms. The number of benzene rings is 1. The molecule has 122 valence electrons. The van der Waals surface area contributed by atoms with Crippen molar-refractivity contribution in [1.29, 1.82) is 0 Å². The molecule has 8 heteroatoms. The maximum absolute atomic E-state index is 13.7. The van der Waals surface area contributed by atoms with Gasteiger partial charge in [-0.15, -0.1) is 0 Å². The summed E-state index contributed by atoms with van der Waals surface area (Å²) in [5.74, 6) is 1.40. The van der Waals surface area contributed by atoms with Crippen molar-refractivity contribution in [1.82, 2.24) is 9.97 Å². The lowest BCUT2D eigenvalue weighted by molar-refractivity contribution is 0.602. The highest BCUT2D eigenvalue weighted by Gasteiger charge is 2.28. The van der Waals surface area contributed by atoms with Crippen LogP contribution in [0.4, 0.5) is 21.7 Å². The van der Waals surface area contributed by atoms with Crippen molar-refractivity contribution < 1.29 is 12.8 Å². The highest BCUT2D eigenvalue weighted by molar-refractivity contribution is 7.91. The summed E-state index contributed by atoms with van der Waals surface area (Å²) < 4.78 is 36.7. The highest BCUT2D eigenvalue weighted by Crippen LogP contribution is 2.22. The monoisotopic (exact) mass is 336 g/mol. The largest absolute Gasteiger partial charge is 0.366 e. The van der Waals surface area contributed by atoms with Gasteiger partial charge in [0.25, 0.3) is 0 Å². The average Bonchev–Trinajstić information content (AvgIpc) is 2.80. The minimum Gasteiger partial charge on any atom is -0.366 e.